The minimum Gasteiger partial charge on any atom is -0.279 e. The molecule has 1 aromatic heterocycles. The molecule has 15 heavy (non-hydrogen) atoms. The van der Waals surface area contributed by atoms with E-state index < -0.39 is 0 Å². The Kier molecular flexibility index (Phi) is 2.23. The summed E-state index contributed by atoms with van der Waals surface area (Å²) in [6, 6.07) is 9.21. The van der Waals surface area contributed by atoms with Gasteiger partial charge < -0.3 is 0 Å². The maximum absolute atomic E-state index is 11.5. The van der Waals surface area contributed by atoms with Crippen LogP contribution < -0.4 is 0 Å². The molecule has 0 bridgehead atoms. The number of aryl methyl sites for hydroxylation is 1. The molecule has 0 amide bonds. The van der Waals surface area contributed by atoms with Crippen LogP contribution in [-0.2, 0) is 0 Å². The van der Waals surface area contributed by atoms with Gasteiger partial charge in [-0.25, -0.2) is 0 Å². The van der Waals surface area contributed by atoms with Crippen molar-refractivity contribution in [2.24, 2.45) is 0 Å². The molecule has 0 fully saturated rings. The van der Waals surface area contributed by atoms with E-state index >= 15 is 0 Å². The van der Waals surface area contributed by atoms with Gasteiger partial charge in [-0.2, -0.15) is 0 Å². The van der Waals surface area contributed by atoms with Gasteiger partial charge >= 0.3 is 0 Å². The number of carbonyl (C=O) groups is 1. The van der Waals surface area contributed by atoms with Crippen LogP contribution in [0.3, 0.4) is 0 Å². The minimum absolute atomic E-state index is 0.295. The minimum atomic E-state index is -0.295. The van der Waals surface area contributed by atoms with Crippen molar-refractivity contribution in [2.45, 2.75) is 6.92 Å². The van der Waals surface area contributed by atoms with Gasteiger partial charge in [0.2, 0.25) is 5.78 Å². The first-order chi connectivity index (χ1) is 7.22. The zero-order valence-electron chi connectivity index (χ0n) is 8.32. The van der Waals surface area contributed by atoms with Crippen molar-refractivity contribution in [1.29, 1.82) is 0 Å². The quantitative estimate of drug-likeness (QED) is 0.397. The number of Topliss-reactive ketones (excluding diaryl/α,β-unsaturated/α-hetero) is 1. The number of pyridine rings is 1. The molecule has 1 heterocycles. The van der Waals surface area contributed by atoms with E-state index in [0.717, 1.165) is 16.6 Å². The standard InChI is InChI=1S/C13H9NO/c1-3-13(15)11-8-9(2)14-12-7-5-4-6-10(11)12/h1,4-8H,2H3. The Hall–Kier alpha value is -2.14. The van der Waals surface area contributed by atoms with E-state index in [1.165, 1.54) is 0 Å². The van der Waals surface area contributed by atoms with Crippen molar-refractivity contribution >= 4 is 16.7 Å². The zero-order valence-corrected chi connectivity index (χ0v) is 8.32. The fraction of sp³-hybridized carbons (Fsp3) is 0.0769. The lowest BCUT2D eigenvalue weighted by atomic mass is 10.0. The summed E-state index contributed by atoms with van der Waals surface area (Å²) in [6.45, 7) is 1.85. The molecule has 2 rings (SSSR count). The van der Waals surface area contributed by atoms with E-state index in [4.69, 9.17) is 6.42 Å². The molecule has 0 saturated heterocycles. The van der Waals surface area contributed by atoms with E-state index in [-0.39, 0.29) is 5.78 Å². The van der Waals surface area contributed by atoms with Crippen molar-refractivity contribution in [3.05, 3.63) is 41.6 Å². The number of hydrogen-bond donors (Lipinski definition) is 0. The summed E-state index contributed by atoms with van der Waals surface area (Å²) >= 11 is 0. The molecule has 2 aromatic rings. The van der Waals surface area contributed by atoms with Gasteiger partial charge in [-0.1, -0.05) is 18.2 Å². The zero-order chi connectivity index (χ0) is 10.8. The van der Waals surface area contributed by atoms with Gasteiger partial charge in [0, 0.05) is 16.6 Å². The number of fused-ring (bicyclic) bond motifs is 1. The van der Waals surface area contributed by atoms with Crippen LogP contribution in [0.25, 0.3) is 10.9 Å². The van der Waals surface area contributed by atoms with Gasteiger partial charge in [0.15, 0.2) is 0 Å². The lowest BCUT2D eigenvalue weighted by Crippen LogP contribution is -1.98. The highest BCUT2D eigenvalue weighted by atomic mass is 16.1. The van der Waals surface area contributed by atoms with Crippen LogP contribution in [0.5, 0.6) is 0 Å². The fourth-order valence-electron chi connectivity index (χ4n) is 1.57. The predicted molar refractivity (Wildman–Crippen MR) is 59.6 cm³/mol. The number of aromatic nitrogens is 1. The topological polar surface area (TPSA) is 30.0 Å². The van der Waals surface area contributed by atoms with Crippen molar-refractivity contribution in [1.82, 2.24) is 4.98 Å². The van der Waals surface area contributed by atoms with Crippen LogP contribution >= 0.6 is 0 Å². The van der Waals surface area contributed by atoms with Gasteiger partial charge in [-0.05, 0) is 25.0 Å². The summed E-state index contributed by atoms with van der Waals surface area (Å²) < 4.78 is 0. The Balaban J connectivity index is 2.84. The highest BCUT2D eigenvalue weighted by Gasteiger charge is 2.08. The summed E-state index contributed by atoms with van der Waals surface area (Å²) in [5.74, 6) is 1.84. The highest BCUT2D eigenvalue weighted by molar-refractivity contribution is 6.15. The third-order valence-electron chi connectivity index (χ3n) is 2.22. The smallest absolute Gasteiger partial charge is 0.236 e. The van der Waals surface area contributed by atoms with Crippen LogP contribution in [0, 0.1) is 19.3 Å². The molecule has 2 nitrogen and oxygen atoms in total. The van der Waals surface area contributed by atoms with Crippen LogP contribution in [0.1, 0.15) is 16.1 Å². The molecule has 0 aliphatic heterocycles. The number of ketones is 1. The highest BCUT2D eigenvalue weighted by Crippen LogP contribution is 2.18. The Bertz CT molecular complexity index is 579. The molecule has 0 N–H and O–H groups in total. The van der Waals surface area contributed by atoms with Crippen LogP contribution in [0.2, 0.25) is 0 Å². The summed E-state index contributed by atoms with van der Waals surface area (Å²) in [7, 11) is 0. The van der Waals surface area contributed by atoms with Crippen molar-refractivity contribution in [3.63, 3.8) is 0 Å². The summed E-state index contributed by atoms with van der Waals surface area (Å²) in [5.41, 5.74) is 2.16. The monoisotopic (exact) mass is 195 g/mol. The number of para-hydroxylation sites is 1. The molecular weight excluding hydrogens is 186 g/mol. The number of rotatable bonds is 1. The molecule has 0 aliphatic carbocycles. The molecule has 0 aliphatic rings. The largest absolute Gasteiger partial charge is 0.279 e. The second kappa shape index (κ2) is 3.55. The number of hydrogen-bond acceptors (Lipinski definition) is 2. The predicted octanol–water partition coefficient (Wildman–Crippen LogP) is 2.36. The maximum atomic E-state index is 11.5. The van der Waals surface area contributed by atoms with Crippen LogP contribution in [0.4, 0.5) is 0 Å². The second-order valence-electron chi connectivity index (χ2n) is 3.30. The molecule has 72 valence electrons. The van der Waals surface area contributed by atoms with Crippen LogP contribution in [0.15, 0.2) is 30.3 Å². The first kappa shape index (κ1) is 9.42. The van der Waals surface area contributed by atoms with Gasteiger partial charge in [0.25, 0.3) is 0 Å². The maximum Gasteiger partial charge on any atom is 0.236 e. The normalized spacial score (nSPS) is 9.87. The lowest BCUT2D eigenvalue weighted by molar-refractivity contribution is 0.105. The molecule has 0 saturated carbocycles. The second-order valence-corrected chi connectivity index (χ2v) is 3.30. The van der Waals surface area contributed by atoms with Gasteiger partial charge in [0.1, 0.15) is 0 Å². The van der Waals surface area contributed by atoms with E-state index in [1.807, 2.05) is 31.2 Å². The number of terminal acetylenes is 1. The fourth-order valence-corrected chi connectivity index (χ4v) is 1.57. The Morgan fingerprint density at radius 1 is 1.40 bits per heavy atom. The summed E-state index contributed by atoms with van der Waals surface area (Å²) in [4.78, 5) is 15.8. The average molecular weight is 195 g/mol. The number of nitrogens with zero attached hydrogens (tertiary/aromatic N) is 1. The molecule has 0 unspecified atom stereocenters. The van der Waals surface area contributed by atoms with Gasteiger partial charge in [-0.3, -0.25) is 9.78 Å². The van der Waals surface area contributed by atoms with Crippen LogP contribution in [-0.4, -0.2) is 10.8 Å². The van der Waals surface area contributed by atoms with Crippen molar-refractivity contribution < 1.29 is 4.79 Å². The van der Waals surface area contributed by atoms with Gasteiger partial charge in [-0.15, -0.1) is 6.42 Å². The molecule has 2 heteroatoms. The van der Waals surface area contributed by atoms with Crippen molar-refractivity contribution in [2.75, 3.05) is 0 Å². The molecule has 0 atom stereocenters. The number of carbonyl (C=O) groups excluding carboxylic acids is 1. The summed E-state index contributed by atoms with van der Waals surface area (Å²) in [5, 5.41) is 0.811. The first-order valence-electron chi connectivity index (χ1n) is 4.59. The van der Waals surface area contributed by atoms with E-state index in [1.54, 1.807) is 6.07 Å². The Morgan fingerprint density at radius 2 is 2.13 bits per heavy atom. The SMILES string of the molecule is C#CC(=O)c1cc(C)nc2ccccc12. The van der Waals surface area contributed by atoms with E-state index in [0.29, 0.717) is 5.56 Å². The molecule has 1 aromatic carbocycles. The molecular formula is C13H9NO. The third kappa shape index (κ3) is 1.60. The molecule has 0 radical (unpaired) electrons. The van der Waals surface area contributed by atoms with E-state index in [2.05, 4.69) is 10.9 Å². The number of benzene rings is 1. The average Bonchev–Trinajstić information content (AvgIpc) is 2.26. The Morgan fingerprint density at radius 3 is 2.87 bits per heavy atom. The van der Waals surface area contributed by atoms with E-state index in [9.17, 15) is 4.79 Å². The third-order valence-corrected chi connectivity index (χ3v) is 2.22. The summed E-state index contributed by atoms with van der Waals surface area (Å²) in [6.07, 6.45) is 5.13. The van der Waals surface area contributed by atoms with Gasteiger partial charge in [0.05, 0.1) is 5.52 Å². The molecule has 0 spiro atoms. The first-order valence-corrected chi connectivity index (χ1v) is 4.59. The Labute approximate surface area is 88.0 Å². The van der Waals surface area contributed by atoms with Crippen molar-refractivity contribution in [3.8, 4) is 12.3 Å². The lowest BCUT2D eigenvalue weighted by Gasteiger charge is -2.03.